The maximum atomic E-state index is 13.5. The quantitative estimate of drug-likeness (QED) is 0.262. The highest BCUT2D eigenvalue weighted by Gasteiger charge is 2.30. The van der Waals surface area contributed by atoms with Gasteiger partial charge in [0.1, 0.15) is 22.5 Å². The van der Waals surface area contributed by atoms with Crippen LogP contribution in [0.5, 0.6) is 5.75 Å². The number of hydrogen-bond acceptors (Lipinski definition) is 4. The van der Waals surface area contributed by atoms with Crippen LogP contribution < -0.4 is 4.74 Å². The maximum absolute atomic E-state index is 13.5. The van der Waals surface area contributed by atoms with Crippen molar-refractivity contribution in [2.45, 2.75) is 72.6 Å². The van der Waals surface area contributed by atoms with Crippen LogP contribution in [0.3, 0.4) is 0 Å². The molecule has 4 nitrogen and oxygen atoms in total. The summed E-state index contributed by atoms with van der Waals surface area (Å²) >= 11 is 0. The van der Waals surface area contributed by atoms with Crippen LogP contribution in [0.4, 0.5) is 4.39 Å². The Kier molecular flexibility index (Phi) is 8.04. The van der Waals surface area contributed by atoms with Gasteiger partial charge in [0.2, 0.25) is 5.50 Å². The molecule has 0 fully saturated rings. The molecule has 0 saturated carbocycles. The fourth-order valence-electron chi connectivity index (χ4n) is 3.51. The van der Waals surface area contributed by atoms with Gasteiger partial charge in [0, 0.05) is 0 Å². The van der Waals surface area contributed by atoms with Crippen LogP contribution in [0.1, 0.15) is 52.7 Å². The van der Waals surface area contributed by atoms with Crippen molar-refractivity contribution in [2.24, 2.45) is 0 Å². The summed E-state index contributed by atoms with van der Waals surface area (Å²) < 4.78 is 51.0. The van der Waals surface area contributed by atoms with Gasteiger partial charge in [-0.05, 0) is 70.5 Å². The molecule has 0 spiro atoms. The molecule has 1 atom stereocenters. The Hall–Kier alpha value is -2.35. The van der Waals surface area contributed by atoms with Crippen molar-refractivity contribution in [2.75, 3.05) is 6.61 Å². The number of ether oxygens (including phenoxy) is 1. The van der Waals surface area contributed by atoms with Crippen LogP contribution in [0.15, 0.2) is 87.5 Å². The number of alkyl halides is 1. The van der Waals surface area contributed by atoms with Crippen molar-refractivity contribution in [3.05, 3.63) is 83.9 Å². The summed E-state index contributed by atoms with van der Waals surface area (Å²) in [6.07, 6.45) is 0. The van der Waals surface area contributed by atoms with E-state index in [4.69, 9.17) is 4.74 Å². The third-order valence-electron chi connectivity index (χ3n) is 5.67. The lowest BCUT2D eigenvalue weighted by atomic mass is 9.87. The van der Waals surface area contributed by atoms with Crippen LogP contribution in [-0.2, 0) is 31.8 Å². The largest absolute Gasteiger partial charge is 0.746 e. The third-order valence-corrected chi connectivity index (χ3v) is 8.66. The van der Waals surface area contributed by atoms with Crippen LogP contribution in [0.2, 0.25) is 0 Å². The minimum absolute atomic E-state index is 0.0519. The van der Waals surface area contributed by atoms with Gasteiger partial charge in [-0.15, -0.1) is 0 Å². The molecule has 0 aliphatic carbocycles. The Morgan fingerprint density at radius 1 is 0.743 bits per heavy atom. The molecule has 0 radical (unpaired) electrons. The summed E-state index contributed by atoms with van der Waals surface area (Å²) in [5, 5.41) is 0. The van der Waals surface area contributed by atoms with E-state index in [0.717, 1.165) is 14.7 Å². The molecule has 188 valence electrons. The number of halogens is 1. The van der Waals surface area contributed by atoms with Crippen molar-refractivity contribution in [3.63, 3.8) is 0 Å². The van der Waals surface area contributed by atoms with Gasteiger partial charge >= 0.3 is 0 Å². The predicted octanol–water partition coefficient (Wildman–Crippen LogP) is 6.60. The molecular weight excluding hydrogens is 483 g/mol. The highest BCUT2D eigenvalue weighted by atomic mass is 32.2. The maximum Gasteiger partial charge on any atom is 0.222 e. The van der Waals surface area contributed by atoms with Crippen LogP contribution in [-0.4, -0.2) is 25.1 Å². The van der Waals surface area contributed by atoms with E-state index >= 15 is 0 Å². The summed E-state index contributed by atoms with van der Waals surface area (Å²) in [5.41, 5.74) is 0.0167. The topological polar surface area (TPSA) is 66.4 Å². The summed E-state index contributed by atoms with van der Waals surface area (Å²) in [7, 11) is -5.43. The van der Waals surface area contributed by atoms with Crippen molar-refractivity contribution >= 4 is 21.0 Å². The molecular formula is C28H33FO4S2. The molecule has 3 aromatic carbocycles. The lowest BCUT2D eigenvalue weighted by Crippen LogP contribution is -2.23. The van der Waals surface area contributed by atoms with Gasteiger partial charge < -0.3 is 9.29 Å². The lowest BCUT2D eigenvalue weighted by Gasteiger charge is -2.20. The molecule has 0 bridgehead atoms. The molecule has 3 rings (SSSR count). The van der Waals surface area contributed by atoms with Crippen molar-refractivity contribution in [1.82, 2.24) is 0 Å². The van der Waals surface area contributed by atoms with E-state index in [2.05, 4.69) is 90.1 Å². The second-order valence-electron chi connectivity index (χ2n) is 10.5. The summed E-state index contributed by atoms with van der Waals surface area (Å²) in [6.45, 7) is 12.3. The van der Waals surface area contributed by atoms with E-state index in [1.807, 2.05) is 12.1 Å². The van der Waals surface area contributed by atoms with Crippen LogP contribution in [0, 0.1) is 0 Å². The van der Waals surface area contributed by atoms with Crippen molar-refractivity contribution in [1.29, 1.82) is 0 Å². The molecule has 0 saturated heterocycles. The highest BCUT2D eigenvalue weighted by Crippen LogP contribution is 2.35. The normalized spacial score (nSPS) is 13.6. The molecule has 35 heavy (non-hydrogen) atoms. The number of rotatable bonds is 7. The van der Waals surface area contributed by atoms with Gasteiger partial charge in [0.25, 0.3) is 0 Å². The molecule has 1 unspecified atom stereocenters. The van der Waals surface area contributed by atoms with Crippen molar-refractivity contribution < 1.29 is 22.1 Å². The van der Waals surface area contributed by atoms with E-state index < -0.39 is 33.1 Å². The fourth-order valence-corrected chi connectivity index (χ4v) is 5.78. The zero-order valence-corrected chi connectivity index (χ0v) is 22.7. The second kappa shape index (κ2) is 10.3. The van der Waals surface area contributed by atoms with E-state index in [9.17, 15) is 17.4 Å². The zero-order chi connectivity index (χ0) is 26.0. The summed E-state index contributed by atoms with van der Waals surface area (Å²) in [4.78, 5) is 3.37. The monoisotopic (exact) mass is 516 g/mol. The Morgan fingerprint density at radius 2 is 1.09 bits per heavy atom. The molecule has 0 aliphatic heterocycles. The van der Waals surface area contributed by atoms with E-state index in [1.54, 1.807) is 12.1 Å². The van der Waals surface area contributed by atoms with E-state index in [1.165, 1.54) is 11.1 Å². The fraction of sp³-hybridized carbons (Fsp3) is 0.357. The second-order valence-corrected chi connectivity index (χ2v) is 14.1. The summed E-state index contributed by atoms with van der Waals surface area (Å²) in [6, 6.07) is 24.5. The van der Waals surface area contributed by atoms with Gasteiger partial charge in [0.15, 0.2) is 14.7 Å². The first-order valence-electron chi connectivity index (χ1n) is 11.4. The molecule has 0 amide bonds. The van der Waals surface area contributed by atoms with Gasteiger partial charge in [0.05, 0.1) is 10.9 Å². The highest BCUT2D eigenvalue weighted by molar-refractivity contribution is 7.97. The Balaban J connectivity index is 1.95. The van der Waals surface area contributed by atoms with E-state index in [0.29, 0.717) is 5.75 Å². The molecule has 0 heterocycles. The van der Waals surface area contributed by atoms with Crippen LogP contribution >= 0.6 is 0 Å². The lowest BCUT2D eigenvalue weighted by molar-refractivity contribution is 0.234. The van der Waals surface area contributed by atoms with Gasteiger partial charge in [-0.2, -0.15) is 0 Å². The standard InChI is InChI=1S/C28H33FO4S2/c1-27(2,3)20-7-13-23(14-8-20)34(24-15-9-21(10-16-24)28(4,5)6)25-17-11-22(12-18-25)33-19-26(29)35(30,31)32/h7-18,26H,19H2,1-6H3. The van der Waals surface area contributed by atoms with Gasteiger partial charge in [-0.3, -0.25) is 0 Å². The number of hydrogen-bond donors (Lipinski definition) is 0. The Labute approximate surface area is 211 Å². The molecule has 0 N–H and O–H groups in total. The minimum atomic E-state index is -5.04. The molecule has 0 aromatic heterocycles. The molecule has 3 aromatic rings. The first-order chi connectivity index (χ1) is 16.2. The smallest absolute Gasteiger partial charge is 0.222 e. The minimum Gasteiger partial charge on any atom is -0.746 e. The predicted molar refractivity (Wildman–Crippen MR) is 139 cm³/mol. The first kappa shape index (κ1) is 27.2. The third kappa shape index (κ3) is 7.09. The average Bonchev–Trinajstić information content (AvgIpc) is 2.77. The molecule has 7 heteroatoms. The van der Waals surface area contributed by atoms with Gasteiger partial charge in [-0.1, -0.05) is 65.8 Å². The van der Waals surface area contributed by atoms with Crippen LogP contribution in [0.25, 0.3) is 0 Å². The Bertz CT molecular complexity index is 1170. The average molecular weight is 517 g/mol. The first-order valence-corrected chi connectivity index (χ1v) is 14.1. The Morgan fingerprint density at radius 3 is 1.40 bits per heavy atom. The SMILES string of the molecule is CC(C)(C)c1ccc([S+](c2ccc(OCC(F)S(=O)(=O)[O-])cc2)c2ccc(C(C)(C)C)cc2)cc1. The zero-order valence-electron chi connectivity index (χ0n) is 21.0. The van der Waals surface area contributed by atoms with Gasteiger partial charge in [-0.25, -0.2) is 12.8 Å². The number of benzene rings is 3. The molecule has 0 aliphatic rings. The summed E-state index contributed by atoms with van der Waals surface area (Å²) in [5.74, 6) is 0.301. The van der Waals surface area contributed by atoms with E-state index in [-0.39, 0.29) is 10.8 Å². The van der Waals surface area contributed by atoms with Crippen molar-refractivity contribution in [3.8, 4) is 5.75 Å².